The summed E-state index contributed by atoms with van der Waals surface area (Å²) in [5.41, 5.74) is 1.82. The monoisotopic (exact) mass is 453 g/mol. The van der Waals surface area contributed by atoms with E-state index in [4.69, 9.17) is 16.3 Å². The van der Waals surface area contributed by atoms with Gasteiger partial charge < -0.3 is 14.5 Å². The number of pyridine rings is 1. The van der Waals surface area contributed by atoms with Crippen LogP contribution in [0.15, 0.2) is 55.0 Å². The highest BCUT2D eigenvalue weighted by atomic mass is 35.5. The Kier molecular flexibility index (Phi) is 6.70. The van der Waals surface area contributed by atoms with Crippen molar-refractivity contribution in [1.29, 1.82) is 0 Å². The first-order valence-electron chi connectivity index (χ1n) is 10.5. The van der Waals surface area contributed by atoms with Gasteiger partial charge in [0.15, 0.2) is 0 Å². The SMILES string of the molecule is CCOC(=O)c1ccc(N2CCCN(C(=O)c3cnn(-c4ccc(Cl)cc4)c3)CC2)nc1. The zero-order chi connectivity index (χ0) is 22.5. The minimum absolute atomic E-state index is 0.0438. The Morgan fingerprint density at radius 3 is 2.53 bits per heavy atom. The van der Waals surface area contributed by atoms with Crippen LogP contribution in [0.5, 0.6) is 0 Å². The molecule has 3 aromatic rings. The maximum Gasteiger partial charge on any atom is 0.339 e. The van der Waals surface area contributed by atoms with E-state index in [2.05, 4.69) is 15.0 Å². The smallest absolute Gasteiger partial charge is 0.339 e. The number of hydrogen-bond donors (Lipinski definition) is 0. The van der Waals surface area contributed by atoms with Crippen LogP contribution in [0.3, 0.4) is 0 Å². The predicted octanol–water partition coefficient (Wildman–Crippen LogP) is 3.45. The van der Waals surface area contributed by atoms with E-state index in [1.165, 1.54) is 6.20 Å². The summed E-state index contributed by atoms with van der Waals surface area (Å²) in [6.07, 6.45) is 5.68. The van der Waals surface area contributed by atoms with Gasteiger partial charge in [-0.15, -0.1) is 0 Å². The fourth-order valence-corrected chi connectivity index (χ4v) is 3.73. The van der Waals surface area contributed by atoms with Crippen LogP contribution >= 0.6 is 11.6 Å². The topological polar surface area (TPSA) is 80.6 Å². The van der Waals surface area contributed by atoms with E-state index in [9.17, 15) is 9.59 Å². The van der Waals surface area contributed by atoms with Gasteiger partial charge in [-0.3, -0.25) is 4.79 Å². The van der Waals surface area contributed by atoms with Crippen LogP contribution in [0.4, 0.5) is 5.82 Å². The van der Waals surface area contributed by atoms with Crippen LogP contribution in [0, 0.1) is 0 Å². The Morgan fingerprint density at radius 1 is 1.00 bits per heavy atom. The number of hydrogen-bond acceptors (Lipinski definition) is 6. The van der Waals surface area contributed by atoms with Crippen molar-refractivity contribution >= 4 is 29.3 Å². The van der Waals surface area contributed by atoms with Gasteiger partial charge >= 0.3 is 5.97 Å². The normalized spacial score (nSPS) is 14.2. The molecule has 0 N–H and O–H groups in total. The molecule has 4 rings (SSSR count). The third kappa shape index (κ3) is 4.91. The van der Waals surface area contributed by atoms with Crippen LogP contribution in [-0.2, 0) is 4.74 Å². The zero-order valence-electron chi connectivity index (χ0n) is 17.8. The van der Waals surface area contributed by atoms with Gasteiger partial charge in [0, 0.05) is 43.6 Å². The number of esters is 1. The molecule has 0 aliphatic carbocycles. The molecule has 8 nitrogen and oxygen atoms in total. The molecule has 2 aromatic heterocycles. The number of benzene rings is 1. The van der Waals surface area contributed by atoms with E-state index in [1.54, 1.807) is 42.2 Å². The van der Waals surface area contributed by atoms with E-state index < -0.39 is 0 Å². The molecule has 1 aliphatic rings. The van der Waals surface area contributed by atoms with Crippen molar-refractivity contribution in [3.8, 4) is 5.69 Å². The lowest BCUT2D eigenvalue weighted by Gasteiger charge is -2.22. The average molecular weight is 454 g/mol. The van der Waals surface area contributed by atoms with Gasteiger partial charge in [-0.1, -0.05) is 11.6 Å². The molecular formula is C23H24ClN5O3. The molecule has 32 heavy (non-hydrogen) atoms. The molecule has 9 heteroatoms. The summed E-state index contributed by atoms with van der Waals surface area (Å²) in [6.45, 7) is 4.76. The maximum atomic E-state index is 13.0. The molecule has 166 valence electrons. The van der Waals surface area contributed by atoms with E-state index in [1.807, 2.05) is 23.1 Å². The minimum atomic E-state index is -0.377. The number of rotatable bonds is 5. The molecule has 1 aliphatic heterocycles. The van der Waals surface area contributed by atoms with Crippen molar-refractivity contribution in [2.24, 2.45) is 0 Å². The van der Waals surface area contributed by atoms with Gasteiger partial charge in [0.2, 0.25) is 0 Å². The molecule has 0 saturated carbocycles. The van der Waals surface area contributed by atoms with Gasteiger partial charge in [-0.2, -0.15) is 5.10 Å². The number of carbonyl (C=O) groups excluding carboxylic acids is 2. The Bertz CT molecular complexity index is 1080. The summed E-state index contributed by atoms with van der Waals surface area (Å²) in [6, 6.07) is 10.8. The number of ether oxygens (including phenoxy) is 1. The lowest BCUT2D eigenvalue weighted by molar-refractivity contribution is 0.0525. The molecule has 0 radical (unpaired) electrons. The second-order valence-corrected chi connectivity index (χ2v) is 7.84. The van der Waals surface area contributed by atoms with E-state index in [-0.39, 0.29) is 11.9 Å². The summed E-state index contributed by atoms with van der Waals surface area (Å²) in [5, 5.41) is 4.97. The zero-order valence-corrected chi connectivity index (χ0v) is 18.5. The van der Waals surface area contributed by atoms with E-state index in [0.717, 1.165) is 24.5 Å². The first-order chi connectivity index (χ1) is 15.5. The Labute approximate surface area is 191 Å². The molecular weight excluding hydrogens is 430 g/mol. The molecule has 1 fully saturated rings. The lowest BCUT2D eigenvalue weighted by Crippen LogP contribution is -2.35. The predicted molar refractivity (Wildman–Crippen MR) is 122 cm³/mol. The largest absolute Gasteiger partial charge is 0.462 e. The summed E-state index contributed by atoms with van der Waals surface area (Å²) >= 11 is 5.94. The Morgan fingerprint density at radius 2 is 1.81 bits per heavy atom. The van der Waals surface area contributed by atoms with Gasteiger partial charge in [0.25, 0.3) is 5.91 Å². The molecule has 0 atom stereocenters. The van der Waals surface area contributed by atoms with Crippen LogP contribution in [0.1, 0.15) is 34.1 Å². The fraction of sp³-hybridized carbons (Fsp3) is 0.304. The highest BCUT2D eigenvalue weighted by Crippen LogP contribution is 2.17. The molecule has 1 aromatic carbocycles. The minimum Gasteiger partial charge on any atom is -0.462 e. The van der Waals surface area contributed by atoms with Crippen molar-refractivity contribution in [2.75, 3.05) is 37.7 Å². The second kappa shape index (κ2) is 9.82. The number of amides is 1. The van der Waals surface area contributed by atoms with Crippen LogP contribution in [0.25, 0.3) is 5.69 Å². The lowest BCUT2D eigenvalue weighted by atomic mass is 10.2. The van der Waals surface area contributed by atoms with E-state index in [0.29, 0.717) is 42.4 Å². The summed E-state index contributed by atoms with van der Waals surface area (Å²) < 4.78 is 6.67. The first-order valence-corrected chi connectivity index (χ1v) is 10.9. The molecule has 1 amide bonds. The summed E-state index contributed by atoms with van der Waals surface area (Å²) in [7, 11) is 0. The van der Waals surface area contributed by atoms with Crippen LogP contribution in [0.2, 0.25) is 5.02 Å². The summed E-state index contributed by atoms with van der Waals surface area (Å²) in [4.78, 5) is 33.2. The molecule has 1 saturated heterocycles. The quantitative estimate of drug-likeness (QED) is 0.550. The second-order valence-electron chi connectivity index (χ2n) is 7.41. The fourth-order valence-electron chi connectivity index (χ4n) is 3.61. The third-order valence-corrected chi connectivity index (χ3v) is 5.54. The van der Waals surface area contributed by atoms with Crippen molar-refractivity contribution in [2.45, 2.75) is 13.3 Å². The number of carbonyl (C=O) groups is 2. The van der Waals surface area contributed by atoms with Crippen molar-refractivity contribution in [1.82, 2.24) is 19.7 Å². The van der Waals surface area contributed by atoms with Crippen molar-refractivity contribution in [3.05, 3.63) is 71.1 Å². The first kappa shape index (κ1) is 21.8. The highest BCUT2D eigenvalue weighted by molar-refractivity contribution is 6.30. The van der Waals surface area contributed by atoms with Gasteiger partial charge in [0.1, 0.15) is 5.82 Å². The van der Waals surface area contributed by atoms with E-state index >= 15 is 0 Å². The summed E-state index contributed by atoms with van der Waals surface area (Å²) in [5.74, 6) is 0.360. The molecule has 0 spiro atoms. The number of halogens is 1. The third-order valence-electron chi connectivity index (χ3n) is 5.29. The number of nitrogens with zero attached hydrogens (tertiary/aromatic N) is 5. The average Bonchev–Trinajstić information content (AvgIpc) is 3.17. The van der Waals surface area contributed by atoms with Gasteiger partial charge in [-0.05, 0) is 49.7 Å². The number of anilines is 1. The number of aromatic nitrogens is 3. The Hall–Kier alpha value is -3.39. The molecule has 3 heterocycles. The van der Waals surface area contributed by atoms with Gasteiger partial charge in [0.05, 0.1) is 29.6 Å². The standard InChI is InChI=1S/C23H24ClN5O3/c1-2-32-23(31)17-4-9-21(25-14-17)27-10-3-11-28(13-12-27)22(30)18-15-26-29(16-18)20-7-5-19(24)6-8-20/h4-9,14-16H,2-3,10-13H2,1H3. The highest BCUT2D eigenvalue weighted by Gasteiger charge is 2.22. The van der Waals surface area contributed by atoms with Gasteiger partial charge in [-0.25, -0.2) is 14.5 Å². The maximum absolute atomic E-state index is 13.0. The molecule has 0 unspecified atom stereocenters. The Balaban J connectivity index is 1.39. The van der Waals surface area contributed by atoms with Crippen molar-refractivity contribution in [3.63, 3.8) is 0 Å². The van der Waals surface area contributed by atoms with Crippen LogP contribution in [-0.4, -0.2) is 64.3 Å². The molecule has 0 bridgehead atoms. The van der Waals surface area contributed by atoms with Crippen LogP contribution < -0.4 is 4.90 Å². The van der Waals surface area contributed by atoms with Crippen molar-refractivity contribution < 1.29 is 14.3 Å².